The van der Waals surface area contributed by atoms with E-state index in [-0.39, 0.29) is 5.91 Å². The molecule has 0 aliphatic heterocycles. The van der Waals surface area contributed by atoms with Crippen LogP contribution in [0.3, 0.4) is 0 Å². The molecule has 20 heavy (non-hydrogen) atoms. The summed E-state index contributed by atoms with van der Waals surface area (Å²) in [6.45, 7) is 1.43. The molecule has 0 spiro atoms. The van der Waals surface area contributed by atoms with Crippen molar-refractivity contribution >= 4 is 40.7 Å². The Bertz CT molecular complexity index is 659. The fourth-order valence-electron chi connectivity index (χ4n) is 1.83. The Labute approximate surface area is 127 Å². The van der Waals surface area contributed by atoms with Crippen LogP contribution in [0.1, 0.15) is 6.92 Å². The van der Waals surface area contributed by atoms with Gasteiger partial charge in [0.1, 0.15) is 11.6 Å². The fraction of sp³-hybridized carbons (Fsp3) is 0.143. The maximum absolute atomic E-state index is 11.1. The van der Waals surface area contributed by atoms with Crippen molar-refractivity contribution in [2.75, 3.05) is 17.7 Å². The minimum atomic E-state index is -0.173. The lowest BCUT2D eigenvalue weighted by Gasteiger charge is -2.12. The summed E-state index contributed by atoms with van der Waals surface area (Å²) >= 11 is 12.3. The minimum Gasteiger partial charge on any atom is -0.373 e. The number of nitrogens with one attached hydrogen (secondary N) is 2. The molecule has 2 N–H and O–H groups in total. The van der Waals surface area contributed by atoms with Crippen molar-refractivity contribution in [2.45, 2.75) is 6.92 Å². The number of anilines is 2. The first-order valence-electron chi connectivity index (χ1n) is 5.93. The Kier molecular flexibility index (Phi) is 4.47. The molecular formula is C14H13Cl2N3O. The molecule has 0 radical (unpaired) electrons. The van der Waals surface area contributed by atoms with E-state index in [1.54, 1.807) is 19.2 Å². The van der Waals surface area contributed by atoms with Crippen LogP contribution in [0.15, 0.2) is 30.3 Å². The van der Waals surface area contributed by atoms with Crippen LogP contribution in [0.2, 0.25) is 10.0 Å². The van der Waals surface area contributed by atoms with E-state index in [4.69, 9.17) is 23.2 Å². The van der Waals surface area contributed by atoms with E-state index in [1.807, 2.05) is 18.2 Å². The van der Waals surface area contributed by atoms with E-state index in [9.17, 15) is 4.79 Å². The highest BCUT2D eigenvalue weighted by Crippen LogP contribution is 2.36. The largest absolute Gasteiger partial charge is 0.373 e. The molecule has 6 heteroatoms. The number of benzene rings is 1. The SMILES string of the molecule is CNc1nc(NC(C)=O)ccc1-c1cccc(Cl)c1Cl. The number of carbonyl (C=O) groups excluding carboxylic acids is 1. The van der Waals surface area contributed by atoms with Gasteiger partial charge in [-0.1, -0.05) is 35.3 Å². The third-order valence-corrected chi connectivity index (χ3v) is 3.50. The van der Waals surface area contributed by atoms with Crippen molar-refractivity contribution in [3.63, 3.8) is 0 Å². The number of rotatable bonds is 3. The summed E-state index contributed by atoms with van der Waals surface area (Å²) in [6, 6.07) is 8.97. The van der Waals surface area contributed by atoms with Gasteiger partial charge in [-0.2, -0.15) is 0 Å². The van der Waals surface area contributed by atoms with Crippen LogP contribution < -0.4 is 10.6 Å². The third-order valence-electron chi connectivity index (χ3n) is 2.68. The van der Waals surface area contributed by atoms with Crippen molar-refractivity contribution in [1.82, 2.24) is 4.98 Å². The van der Waals surface area contributed by atoms with Gasteiger partial charge in [-0.05, 0) is 18.2 Å². The quantitative estimate of drug-likeness (QED) is 0.899. The van der Waals surface area contributed by atoms with Crippen molar-refractivity contribution in [3.8, 4) is 11.1 Å². The van der Waals surface area contributed by atoms with Gasteiger partial charge in [0.15, 0.2) is 0 Å². The second kappa shape index (κ2) is 6.11. The number of amides is 1. The standard InChI is InChI=1S/C14H13Cl2N3O/c1-8(20)18-12-7-6-10(14(17-2)19-12)9-4-3-5-11(15)13(9)16/h3-7H,1-2H3,(H2,17,18,19,20). The normalized spacial score (nSPS) is 10.2. The van der Waals surface area contributed by atoms with E-state index in [0.717, 1.165) is 11.1 Å². The van der Waals surface area contributed by atoms with Crippen molar-refractivity contribution in [2.24, 2.45) is 0 Å². The van der Waals surface area contributed by atoms with Crippen LogP contribution in [0.5, 0.6) is 0 Å². The third kappa shape index (κ3) is 3.03. The van der Waals surface area contributed by atoms with Gasteiger partial charge in [0.2, 0.25) is 5.91 Å². The number of nitrogens with zero attached hydrogens (tertiary/aromatic N) is 1. The average Bonchev–Trinajstić information content (AvgIpc) is 2.41. The van der Waals surface area contributed by atoms with Gasteiger partial charge in [0.05, 0.1) is 10.0 Å². The monoisotopic (exact) mass is 309 g/mol. The minimum absolute atomic E-state index is 0.173. The second-order valence-corrected chi connectivity index (χ2v) is 4.91. The van der Waals surface area contributed by atoms with Gasteiger partial charge in [-0.25, -0.2) is 4.98 Å². The molecule has 2 aromatic rings. The van der Waals surface area contributed by atoms with Gasteiger partial charge in [-0.15, -0.1) is 0 Å². The Morgan fingerprint density at radius 1 is 1.15 bits per heavy atom. The molecule has 1 aromatic heterocycles. The molecule has 0 saturated heterocycles. The summed E-state index contributed by atoms with van der Waals surface area (Å²) in [4.78, 5) is 15.4. The average molecular weight is 310 g/mol. The number of aromatic nitrogens is 1. The molecule has 0 atom stereocenters. The highest BCUT2D eigenvalue weighted by Gasteiger charge is 2.12. The van der Waals surface area contributed by atoms with Gasteiger partial charge in [0, 0.05) is 25.1 Å². The Hall–Kier alpha value is -1.78. The predicted octanol–water partition coefficient (Wildman–Crippen LogP) is 4.06. The lowest BCUT2D eigenvalue weighted by molar-refractivity contribution is -0.114. The summed E-state index contributed by atoms with van der Waals surface area (Å²) in [6.07, 6.45) is 0. The summed E-state index contributed by atoms with van der Waals surface area (Å²) in [5.74, 6) is 0.914. The van der Waals surface area contributed by atoms with Crippen LogP contribution in [-0.2, 0) is 4.79 Å². The van der Waals surface area contributed by atoms with Crippen LogP contribution >= 0.6 is 23.2 Å². The number of halogens is 2. The van der Waals surface area contributed by atoms with Crippen molar-refractivity contribution in [1.29, 1.82) is 0 Å². The molecule has 0 unspecified atom stereocenters. The lowest BCUT2D eigenvalue weighted by Crippen LogP contribution is -2.08. The number of hydrogen-bond acceptors (Lipinski definition) is 3. The zero-order valence-corrected chi connectivity index (χ0v) is 12.5. The number of carbonyl (C=O) groups is 1. The molecule has 0 aliphatic rings. The molecule has 1 heterocycles. The van der Waals surface area contributed by atoms with E-state index >= 15 is 0 Å². The molecule has 1 amide bonds. The first-order chi connectivity index (χ1) is 9.52. The Morgan fingerprint density at radius 2 is 1.90 bits per heavy atom. The maximum Gasteiger partial charge on any atom is 0.222 e. The maximum atomic E-state index is 11.1. The highest BCUT2D eigenvalue weighted by atomic mass is 35.5. The molecule has 0 aliphatic carbocycles. The van der Waals surface area contributed by atoms with Crippen molar-refractivity contribution in [3.05, 3.63) is 40.4 Å². The summed E-state index contributed by atoms with van der Waals surface area (Å²) < 4.78 is 0. The van der Waals surface area contributed by atoms with E-state index in [1.165, 1.54) is 6.92 Å². The Balaban J connectivity index is 2.51. The van der Waals surface area contributed by atoms with Crippen LogP contribution in [0.4, 0.5) is 11.6 Å². The molecule has 2 rings (SSSR count). The van der Waals surface area contributed by atoms with Crippen LogP contribution in [0.25, 0.3) is 11.1 Å². The van der Waals surface area contributed by atoms with Crippen LogP contribution in [-0.4, -0.2) is 17.9 Å². The molecule has 0 fully saturated rings. The predicted molar refractivity (Wildman–Crippen MR) is 83.5 cm³/mol. The molecular weight excluding hydrogens is 297 g/mol. The Morgan fingerprint density at radius 3 is 2.55 bits per heavy atom. The molecule has 4 nitrogen and oxygen atoms in total. The van der Waals surface area contributed by atoms with Crippen LogP contribution in [0, 0.1) is 0 Å². The van der Waals surface area contributed by atoms with Gasteiger partial charge in [0.25, 0.3) is 0 Å². The summed E-state index contributed by atoms with van der Waals surface area (Å²) in [5.41, 5.74) is 1.60. The first kappa shape index (κ1) is 14.6. The highest BCUT2D eigenvalue weighted by molar-refractivity contribution is 6.43. The zero-order valence-electron chi connectivity index (χ0n) is 11.0. The molecule has 0 bridgehead atoms. The second-order valence-electron chi connectivity index (χ2n) is 4.13. The zero-order chi connectivity index (χ0) is 14.7. The fourth-order valence-corrected chi connectivity index (χ4v) is 2.23. The van der Waals surface area contributed by atoms with Gasteiger partial charge >= 0.3 is 0 Å². The topological polar surface area (TPSA) is 54.0 Å². The summed E-state index contributed by atoms with van der Waals surface area (Å²) in [7, 11) is 1.75. The van der Waals surface area contributed by atoms with Crippen molar-refractivity contribution < 1.29 is 4.79 Å². The molecule has 0 saturated carbocycles. The lowest BCUT2D eigenvalue weighted by atomic mass is 10.1. The van der Waals surface area contributed by atoms with E-state index in [2.05, 4.69) is 15.6 Å². The smallest absolute Gasteiger partial charge is 0.222 e. The first-order valence-corrected chi connectivity index (χ1v) is 6.69. The molecule has 104 valence electrons. The van der Waals surface area contributed by atoms with Gasteiger partial charge < -0.3 is 10.6 Å². The molecule has 1 aromatic carbocycles. The van der Waals surface area contributed by atoms with E-state index < -0.39 is 0 Å². The van der Waals surface area contributed by atoms with E-state index in [0.29, 0.717) is 21.7 Å². The number of hydrogen-bond donors (Lipinski definition) is 2. The van der Waals surface area contributed by atoms with Gasteiger partial charge in [-0.3, -0.25) is 4.79 Å². The summed E-state index contributed by atoms with van der Waals surface area (Å²) in [5, 5.41) is 6.58. The number of pyridine rings is 1.